The molecule has 7 nitrogen and oxygen atoms in total. The molecule has 7 heteroatoms. The monoisotopic (exact) mass is 384 g/mol. The lowest BCUT2D eigenvalue weighted by molar-refractivity contribution is 0.122. The van der Waals surface area contributed by atoms with E-state index in [-0.39, 0.29) is 0 Å². The summed E-state index contributed by atoms with van der Waals surface area (Å²) in [6.07, 6.45) is 0.993. The highest BCUT2D eigenvalue weighted by Crippen LogP contribution is 2.21. The number of para-hydroxylation sites is 1. The van der Waals surface area contributed by atoms with Crippen molar-refractivity contribution in [3.05, 3.63) is 47.3 Å². The third-order valence-electron chi connectivity index (χ3n) is 4.96. The third-order valence-corrected chi connectivity index (χ3v) is 4.96. The molecule has 0 atom stereocenters. The molecule has 0 unspecified atom stereocenters. The second-order valence-corrected chi connectivity index (χ2v) is 7.08. The second kappa shape index (κ2) is 10.1. The number of guanidine groups is 1. The molecule has 0 saturated carbocycles. The van der Waals surface area contributed by atoms with Gasteiger partial charge in [-0.15, -0.1) is 0 Å². The molecule has 1 aliphatic heterocycles. The predicted molar refractivity (Wildman–Crippen MR) is 114 cm³/mol. The van der Waals surface area contributed by atoms with Crippen LogP contribution in [0.15, 0.2) is 35.3 Å². The number of hydrogen-bond donors (Lipinski definition) is 2. The molecule has 0 radical (unpaired) electrons. The minimum absolute atomic E-state index is 0.741. The summed E-state index contributed by atoms with van der Waals surface area (Å²) in [5, 5.41) is 11.3. The number of rotatable bonds is 7. The van der Waals surface area contributed by atoms with E-state index in [1.165, 1.54) is 16.9 Å². The van der Waals surface area contributed by atoms with E-state index in [0.29, 0.717) is 0 Å². The van der Waals surface area contributed by atoms with Gasteiger partial charge in [0.2, 0.25) is 0 Å². The Balaban J connectivity index is 1.47. The molecule has 1 fully saturated rings. The summed E-state index contributed by atoms with van der Waals surface area (Å²) >= 11 is 0. The van der Waals surface area contributed by atoms with Crippen molar-refractivity contribution in [2.45, 2.75) is 33.4 Å². The Morgan fingerprint density at radius 2 is 1.96 bits per heavy atom. The van der Waals surface area contributed by atoms with Crippen LogP contribution in [-0.4, -0.2) is 55.6 Å². The van der Waals surface area contributed by atoms with Crippen LogP contribution in [0, 0.1) is 13.8 Å². The van der Waals surface area contributed by atoms with Crippen LogP contribution in [0.5, 0.6) is 0 Å². The van der Waals surface area contributed by atoms with Crippen molar-refractivity contribution in [2.24, 2.45) is 4.99 Å². The van der Waals surface area contributed by atoms with E-state index < -0.39 is 0 Å². The van der Waals surface area contributed by atoms with E-state index in [4.69, 9.17) is 4.74 Å². The zero-order chi connectivity index (χ0) is 19.8. The van der Waals surface area contributed by atoms with E-state index in [9.17, 15) is 0 Å². The van der Waals surface area contributed by atoms with E-state index in [2.05, 4.69) is 67.6 Å². The Bertz CT molecular complexity index is 779. The Kier molecular flexibility index (Phi) is 7.31. The van der Waals surface area contributed by atoms with Gasteiger partial charge >= 0.3 is 0 Å². The maximum atomic E-state index is 5.48. The maximum absolute atomic E-state index is 5.48. The van der Waals surface area contributed by atoms with Crippen molar-refractivity contribution >= 4 is 11.6 Å². The largest absolute Gasteiger partial charge is 0.378 e. The number of aromatic nitrogens is 2. The van der Waals surface area contributed by atoms with Gasteiger partial charge in [-0.2, -0.15) is 5.10 Å². The molecule has 2 aromatic rings. The zero-order valence-electron chi connectivity index (χ0n) is 17.2. The highest BCUT2D eigenvalue weighted by molar-refractivity contribution is 5.79. The lowest BCUT2D eigenvalue weighted by Crippen LogP contribution is -2.39. The minimum Gasteiger partial charge on any atom is -0.378 e. The van der Waals surface area contributed by atoms with Crippen molar-refractivity contribution in [3.63, 3.8) is 0 Å². The van der Waals surface area contributed by atoms with Crippen molar-refractivity contribution in [1.29, 1.82) is 0 Å². The molecule has 2 N–H and O–H groups in total. The molecule has 0 spiro atoms. The van der Waals surface area contributed by atoms with Crippen molar-refractivity contribution < 1.29 is 4.74 Å². The fourth-order valence-corrected chi connectivity index (χ4v) is 3.51. The van der Waals surface area contributed by atoms with Gasteiger partial charge in [0.05, 0.1) is 18.9 Å². The summed E-state index contributed by atoms with van der Waals surface area (Å²) in [6, 6.07) is 10.7. The fourth-order valence-electron chi connectivity index (χ4n) is 3.51. The van der Waals surface area contributed by atoms with Crippen molar-refractivity contribution in [1.82, 2.24) is 20.4 Å². The first kappa shape index (κ1) is 20.2. The second-order valence-electron chi connectivity index (χ2n) is 7.08. The van der Waals surface area contributed by atoms with Crippen LogP contribution in [0.25, 0.3) is 0 Å². The fraction of sp³-hybridized carbons (Fsp3) is 0.524. The van der Waals surface area contributed by atoms with E-state index in [1.807, 2.05) is 14.0 Å². The summed E-state index contributed by atoms with van der Waals surface area (Å²) in [6.45, 7) is 10.1. The van der Waals surface area contributed by atoms with Crippen LogP contribution in [0.3, 0.4) is 0 Å². The smallest absolute Gasteiger partial charge is 0.191 e. The number of ether oxygens (including phenoxy) is 1. The number of hydrogen-bond acceptors (Lipinski definition) is 4. The van der Waals surface area contributed by atoms with Crippen LogP contribution < -0.4 is 15.5 Å². The Labute approximate surface area is 167 Å². The third kappa shape index (κ3) is 5.48. The summed E-state index contributed by atoms with van der Waals surface area (Å²) < 4.78 is 7.54. The number of aryl methyl sites for hydroxylation is 3. The number of morpholine rings is 1. The van der Waals surface area contributed by atoms with Crippen LogP contribution in [0.4, 0.5) is 5.69 Å². The average molecular weight is 385 g/mol. The zero-order valence-corrected chi connectivity index (χ0v) is 17.2. The predicted octanol–water partition coefficient (Wildman–Crippen LogP) is 2.09. The molecular formula is C21H32N6O. The molecule has 0 aliphatic carbocycles. The van der Waals surface area contributed by atoms with Gasteiger partial charge in [0.1, 0.15) is 0 Å². The van der Waals surface area contributed by atoms with Gasteiger partial charge in [0.25, 0.3) is 0 Å². The van der Waals surface area contributed by atoms with Crippen LogP contribution in [0.1, 0.15) is 23.4 Å². The molecular weight excluding hydrogens is 352 g/mol. The molecule has 0 amide bonds. The normalized spacial score (nSPS) is 15.0. The van der Waals surface area contributed by atoms with E-state index in [1.54, 1.807) is 0 Å². The van der Waals surface area contributed by atoms with Crippen molar-refractivity contribution in [3.8, 4) is 0 Å². The van der Waals surface area contributed by atoms with Gasteiger partial charge in [-0.1, -0.05) is 18.2 Å². The molecule has 1 aliphatic rings. The van der Waals surface area contributed by atoms with Crippen LogP contribution >= 0.6 is 0 Å². The minimum atomic E-state index is 0.741. The van der Waals surface area contributed by atoms with Crippen LogP contribution in [0.2, 0.25) is 0 Å². The lowest BCUT2D eigenvalue weighted by atomic mass is 10.1. The summed E-state index contributed by atoms with van der Waals surface area (Å²) in [5.41, 5.74) is 4.83. The number of anilines is 1. The van der Waals surface area contributed by atoms with Gasteiger partial charge < -0.3 is 20.3 Å². The van der Waals surface area contributed by atoms with E-state index in [0.717, 1.165) is 64.0 Å². The number of aliphatic imine (C=N–C) groups is 1. The average Bonchev–Trinajstić information content (AvgIpc) is 3.05. The highest BCUT2D eigenvalue weighted by atomic mass is 16.5. The molecule has 152 valence electrons. The first-order chi connectivity index (χ1) is 13.7. The summed E-state index contributed by atoms with van der Waals surface area (Å²) in [5.74, 6) is 0.824. The van der Waals surface area contributed by atoms with Crippen LogP contribution in [-0.2, 0) is 17.8 Å². The first-order valence-electron chi connectivity index (χ1n) is 10.0. The molecule has 28 heavy (non-hydrogen) atoms. The Morgan fingerprint density at radius 3 is 2.68 bits per heavy atom. The summed E-state index contributed by atoms with van der Waals surface area (Å²) in [4.78, 5) is 6.74. The standard InChI is InChI=1S/C21H32N6O/c1-17-15-18(2)27(25-17)10-6-9-23-21(22-3)24-16-19-7-4-5-8-20(19)26-11-13-28-14-12-26/h4-5,7-8,15H,6,9-14,16H2,1-3H3,(H2,22,23,24). The summed E-state index contributed by atoms with van der Waals surface area (Å²) in [7, 11) is 1.81. The van der Waals surface area contributed by atoms with Crippen molar-refractivity contribution in [2.75, 3.05) is 44.8 Å². The molecule has 1 aromatic carbocycles. The number of nitrogens with one attached hydrogen (secondary N) is 2. The quantitative estimate of drug-likeness (QED) is 0.435. The Morgan fingerprint density at radius 1 is 1.18 bits per heavy atom. The SMILES string of the molecule is CN=C(NCCCn1nc(C)cc1C)NCc1ccccc1N1CCOCC1. The molecule has 3 rings (SSSR count). The van der Waals surface area contributed by atoms with Gasteiger partial charge in [0, 0.05) is 51.2 Å². The topological polar surface area (TPSA) is 66.7 Å². The number of nitrogens with zero attached hydrogens (tertiary/aromatic N) is 4. The van der Waals surface area contributed by atoms with E-state index >= 15 is 0 Å². The molecule has 1 saturated heterocycles. The highest BCUT2D eigenvalue weighted by Gasteiger charge is 2.14. The van der Waals surface area contributed by atoms with Gasteiger partial charge in [0.15, 0.2) is 5.96 Å². The van der Waals surface area contributed by atoms with Gasteiger partial charge in [-0.25, -0.2) is 0 Å². The molecule has 0 bridgehead atoms. The van der Waals surface area contributed by atoms with Gasteiger partial charge in [-0.3, -0.25) is 9.67 Å². The first-order valence-corrected chi connectivity index (χ1v) is 10.0. The molecule has 1 aromatic heterocycles. The number of benzene rings is 1. The van der Waals surface area contributed by atoms with Gasteiger partial charge in [-0.05, 0) is 38.0 Å². The Hall–Kier alpha value is -2.54. The lowest BCUT2D eigenvalue weighted by Gasteiger charge is -2.30. The molecule has 2 heterocycles. The maximum Gasteiger partial charge on any atom is 0.191 e.